The molecule has 0 saturated heterocycles. The highest BCUT2D eigenvalue weighted by Crippen LogP contribution is 2.32. The van der Waals surface area contributed by atoms with Crippen molar-refractivity contribution < 1.29 is 9.53 Å². The third-order valence-corrected chi connectivity index (χ3v) is 3.95. The summed E-state index contributed by atoms with van der Waals surface area (Å²) in [5, 5.41) is 2.82. The van der Waals surface area contributed by atoms with Crippen molar-refractivity contribution in [2.45, 2.75) is 19.8 Å². The molecule has 1 saturated carbocycles. The molecular weight excluding hydrogens is 290 g/mol. The largest absolute Gasteiger partial charge is 0.491 e. The Morgan fingerprint density at radius 3 is 2.96 bits per heavy atom. The van der Waals surface area contributed by atoms with E-state index in [1.807, 2.05) is 25.2 Å². The smallest absolute Gasteiger partial charge is 0.300 e. The molecule has 1 aromatic carbocycles. The van der Waals surface area contributed by atoms with Gasteiger partial charge in [0.05, 0.1) is 18.8 Å². The van der Waals surface area contributed by atoms with E-state index in [9.17, 15) is 4.79 Å². The number of ether oxygens (including phenoxy) is 1. The molecule has 5 heteroatoms. The fraction of sp³-hybridized carbons (Fsp3) is 0.444. The van der Waals surface area contributed by atoms with Crippen molar-refractivity contribution in [1.29, 1.82) is 0 Å². The lowest BCUT2D eigenvalue weighted by molar-refractivity contribution is -0.111. The molecule has 1 heterocycles. The molecule has 3 rings (SSSR count). The van der Waals surface area contributed by atoms with Gasteiger partial charge in [-0.05, 0) is 49.8 Å². The van der Waals surface area contributed by atoms with Gasteiger partial charge in [0.1, 0.15) is 11.6 Å². The number of amides is 1. The van der Waals surface area contributed by atoms with Crippen molar-refractivity contribution in [3.05, 3.63) is 23.8 Å². The normalized spacial score (nSPS) is 16.4. The molecule has 0 atom stereocenters. The Morgan fingerprint density at radius 1 is 1.48 bits per heavy atom. The van der Waals surface area contributed by atoms with E-state index in [-0.39, 0.29) is 5.91 Å². The first kappa shape index (κ1) is 15.4. The summed E-state index contributed by atoms with van der Waals surface area (Å²) >= 11 is 0. The van der Waals surface area contributed by atoms with Crippen molar-refractivity contribution in [3.63, 3.8) is 0 Å². The quantitative estimate of drug-likeness (QED) is 0.848. The Labute approximate surface area is 136 Å². The second-order valence-corrected chi connectivity index (χ2v) is 5.92. The molecule has 1 amide bonds. The van der Waals surface area contributed by atoms with Crippen LogP contribution < -0.4 is 10.1 Å². The van der Waals surface area contributed by atoms with Crippen LogP contribution in [0.4, 0.5) is 5.69 Å². The molecule has 1 aromatic rings. The minimum atomic E-state index is -0.331. The van der Waals surface area contributed by atoms with Gasteiger partial charge in [0.2, 0.25) is 0 Å². The van der Waals surface area contributed by atoms with Crippen LogP contribution in [0, 0.1) is 17.8 Å². The van der Waals surface area contributed by atoms with Crippen molar-refractivity contribution in [2.24, 2.45) is 10.9 Å². The number of likely N-dealkylation sites (N-methyl/N-ethyl adjacent to an activating group) is 1. The van der Waals surface area contributed by atoms with Crippen molar-refractivity contribution >= 4 is 17.4 Å². The van der Waals surface area contributed by atoms with Gasteiger partial charge in [0, 0.05) is 19.2 Å². The maximum Gasteiger partial charge on any atom is 0.300 e. The number of nitrogens with one attached hydrogen (secondary N) is 1. The second-order valence-electron chi connectivity index (χ2n) is 5.92. The summed E-state index contributed by atoms with van der Waals surface area (Å²) in [6.07, 6.45) is 2.45. The number of rotatable bonds is 5. The van der Waals surface area contributed by atoms with Crippen molar-refractivity contribution in [3.8, 4) is 17.6 Å². The van der Waals surface area contributed by atoms with Crippen LogP contribution in [0.5, 0.6) is 5.75 Å². The molecule has 2 aliphatic rings. The SMILES string of the molecule is CC#CC(=O)Nc1cc(C2=NCCN2C)ccc1OCC1CC1. The number of aliphatic imine (C=N–C) groups is 1. The van der Waals surface area contributed by atoms with Crippen LogP contribution in [0.15, 0.2) is 23.2 Å². The minimum absolute atomic E-state index is 0.331. The number of hydrogen-bond donors (Lipinski definition) is 1. The summed E-state index contributed by atoms with van der Waals surface area (Å²) in [7, 11) is 2.02. The molecule has 120 valence electrons. The van der Waals surface area contributed by atoms with E-state index >= 15 is 0 Å². The molecule has 0 spiro atoms. The van der Waals surface area contributed by atoms with Gasteiger partial charge in [0.15, 0.2) is 0 Å². The third kappa shape index (κ3) is 3.84. The number of nitrogens with zero attached hydrogens (tertiary/aromatic N) is 2. The van der Waals surface area contributed by atoms with Gasteiger partial charge < -0.3 is 15.0 Å². The highest BCUT2D eigenvalue weighted by molar-refractivity contribution is 6.06. The molecule has 23 heavy (non-hydrogen) atoms. The van der Waals surface area contributed by atoms with E-state index in [0.717, 1.165) is 24.5 Å². The van der Waals surface area contributed by atoms with Crippen LogP contribution in [0.25, 0.3) is 0 Å². The zero-order valence-electron chi connectivity index (χ0n) is 13.6. The van der Waals surface area contributed by atoms with Crippen LogP contribution in [0.2, 0.25) is 0 Å². The van der Waals surface area contributed by atoms with Gasteiger partial charge in [-0.25, -0.2) is 0 Å². The Morgan fingerprint density at radius 2 is 2.30 bits per heavy atom. The lowest BCUT2D eigenvalue weighted by Crippen LogP contribution is -2.23. The fourth-order valence-electron chi connectivity index (χ4n) is 2.50. The van der Waals surface area contributed by atoms with Crippen LogP contribution in [-0.2, 0) is 4.79 Å². The standard InChI is InChI=1S/C18H21N3O2/c1-3-4-17(22)20-15-11-14(18-19-9-10-21(18)2)7-8-16(15)23-12-13-5-6-13/h7-8,11,13H,5-6,9-10,12H2,1-2H3,(H,20,22). The van der Waals surface area contributed by atoms with Gasteiger partial charge >= 0.3 is 0 Å². The number of amidine groups is 1. The lowest BCUT2D eigenvalue weighted by Gasteiger charge is -2.17. The lowest BCUT2D eigenvalue weighted by atomic mass is 10.1. The van der Waals surface area contributed by atoms with Gasteiger partial charge in [-0.15, -0.1) is 0 Å². The van der Waals surface area contributed by atoms with Crippen molar-refractivity contribution in [1.82, 2.24) is 4.90 Å². The zero-order valence-corrected chi connectivity index (χ0v) is 13.6. The number of hydrogen-bond acceptors (Lipinski definition) is 4. The maximum absolute atomic E-state index is 11.8. The molecule has 0 bridgehead atoms. The molecular formula is C18H21N3O2. The highest BCUT2D eigenvalue weighted by Gasteiger charge is 2.23. The zero-order chi connectivity index (χ0) is 16.2. The van der Waals surface area contributed by atoms with E-state index in [0.29, 0.717) is 24.0 Å². The number of anilines is 1. The van der Waals surface area contributed by atoms with E-state index < -0.39 is 0 Å². The Balaban J connectivity index is 1.85. The summed E-state index contributed by atoms with van der Waals surface area (Å²) in [6, 6.07) is 5.81. The Bertz CT molecular complexity index is 696. The predicted molar refractivity (Wildman–Crippen MR) is 90.8 cm³/mol. The van der Waals surface area contributed by atoms with Gasteiger partial charge in [-0.2, -0.15) is 0 Å². The van der Waals surface area contributed by atoms with E-state index in [1.165, 1.54) is 12.8 Å². The Hall–Kier alpha value is -2.48. The van der Waals surface area contributed by atoms with Crippen molar-refractivity contribution in [2.75, 3.05) is 32.1 Å². The summed E-state index contributed by atoms with van der Waals surface area (Å²) in [6.45, 7) is 4.05. The van der Waals surface area contributed by atoms with Crippen LogP contribution in [-0.4, -0.2) is 43.4 Å². The summed E-state index contributed by atoms with van der Waals surface area (Å²) < 4.78 is 5.87. The minimum Gasteiger partial charge on any atom is -0.491 e. The molecule has 1 aliphatic carbocycles. The van der Waals surface area contributed by atoms with Gasteiger partial charge in [0.25, 0.3) is 5.91 Å². The average molecular weight is 311 g/mol. The summed E-state index contributed by atoms with van der Waals surface area (Å²) in [5.41, 5.74) is 1.63. The number of benzene rings is 1. The first-order chi connectivity index (χ1) is 11.2. The number of carbonyl (C=O) groups is 1. The van der Waals surface area contributed by atoms with E-state index in [1.54, 1.807) is 6.92 Å². The molecule has 0 radical (unpaired) electrons. The number of carbonyl (C=O) groups excluding carboxylic acids is 1. The van der Waals surface area contributed by atoms with E-state index in [2.05, 4.69) is 27.0 Å². The summed E-state index contributed by atoms with van der Waals surface area (Å²) in [4.78, 5) is 18.5. The van der Waals surface area contributed by atoms with E-state index in [4.69, 9.17) is 4.74 Å². The first-order valence-electron chi connectivity index (χ1n) is 7.94. The maximum atomic E-state index is 11.8. The van der Waals surface area contributed by atoms with Gasteiger partial charge in [-0.1, -0.05) is 5.92 Å². The monoisotopic (exact) mass is 311 g/mol. The molecule has 1 aliphatic heterocycles. The second kappa shape index (κ2) is 6.74. The molecule has 1 N–H and O–H groups in total. The van der Waals surface area contributed by atoms with Gasteiger partial charge in [-0.3, -0.25) is 9.79 Å². The third-order valence-electron chi connectivity index (χ3n) is 3.95. The van der Waals surface area contributed by atoms with Crippen LogP contribution >= 0.6 is 0 Å². The first-order valence-corrected chi connectivity index (χ1v) is 7.94. The summed E-state index contributed by atoms with van der Waals surface area (Å²) in [5.74, 6) is 7.06. The molecule has 0 aromatic heterocycles. The topological polar surface area (TPSA) is 53.9 Å². The molecule has 5 nitrogen and oxygen atoms in total. The average Bonchev–Trinajstić information content (AvgIpc) is 3.26. The van der Waals surface area contributed by atoms with Crippen LogP contribution in [0.1, 0.15) is 25.3 Å². The fourth-order valence-corrected chi connectivity index (χ4v) is 2.50. The Kier molecular flexibility index (Phi) is 4.52. The molecule has 0 unspecified atom stereocenters. The van der Waals surface area contributed by atoms with Crippen LogP contribution in [0.3, 0.4) is 0 Å². The highest BCUT2D eigenvalue weighted by atomic mass is 16.5. The molecule has 1 fully saturated rings. The predicted octanol–water partition coefficient (Wildman–Crippen LogP) is 2.13.